The first-order valence-corrected chi connectivity index (χ1v) is 6.28. The van der Waals surface area contributed by atoms with E-state index in [0.29, 0.717) is 5.92 Å². The lowest BCUT2D eigenvalue weighted by Gasteiger charge is -2.10. The van der Waals surface area contributed by atoms with Gasteiger partial charge in [-0.25, -0.2) is 14.6 Å². The molecule has 18 heavy (non-hydrogen) atoms. The zero-order valence-electron chi connectivity index (χ0n) is 10.9. The fourth-order valence-corrected chi connectivity index (χ4v) is 2.13. The summed E-state index contributed by atoms with van der Waals surface area (Å²) < 4.78 is 1.86. The average Bonchev–Trinajstić information content (AvgIpc) is 3.10. The van der Waals surface area contributed by atoms with Crippen LogP contribution in [-0.2, 0) is 0 Å². The Bertz CT molecular complexity index is 583. The van der Waals surface area contributed by atoms with Crippen molar-refractivity contribution in [3.8, 4) is 5.82 Å². The molecule has 0 bridgehead atoms. The van der Waals surface area contributed by atoms with E-state index in [0.717, 1.165) is 23.0 Å². The second kappa shape index (κ2) is 4.08. The third kappa shape index (κ3) is 1.85. The smallest absolute Gasteiger partial charge is 0.162 e. The second-order valence-electron chi connectivity index (χ2n) is 4.78. The second-order valence-corrected chi connectivity index (χ2v) is 4.78. The molecule has 5 nitrogen and oxygen atoms in total. The lowest BCUT2D eigenvalue weighted by molar-refractivity contribution is 0.793. The minimum Gasteiger partial charge on any atom is -0.373 e. The Kier molecular flexibility index (Phi) is 2.54. The average molecular weight is 243 g/mol. The number of aromatic nitrogens is 4. The molecule has 94 valence electrons. The Hall–Kier alpha value is -1.91. The maximum Gasteiger partial charge on any atom is 0.162 e. The Morgan fingerprint density at radius 1 is 1.28 bits per heavy atom. The summed E-state index contributed by atoms with van der Waals surface area (Å²) in [7, 11) is 1.87. The van der Waals surface area contributed by atoms with Crippen LogP contribution in [0.2, 0.25) is 0 Å². The summed E-state index contributed by atoms with van der Waals surface area (Å²) in [5.41, 5.74) is 2.20. The maximum atomic E-state index is 4.62. The summed E-state index contributed by atoms with van der Waals surface area (Å²) in [6, 6.07) is 2.09. The Labute approximate surface area is 106 Å². The third-order valence-electron chi connectivity index (χ3n) is 3.29. The van der Waals surface area contributed by atoms with Crippen LogP contribution in [0, 0.1) is 13.8 Å². The predicted octanol–water partition coefficient (Wildman–Crippen LogP) is 2.20. The van der Waals surface area contributed by atoms with Crippen LogP contribution in [0.15, 0.2) is 12.3 Å². The highest BCUT2D eigenvalue weighted by atomic mass is 15.3. The number of hydrogen-bond donors (Lipinski definition) is 1. The molecule has 0 atom stereocenters. The van der Waals surface area contributed by atoms with Gasteiger partial charge in [-0.2, -0.15) is 5.10 Å². The van der Waals surface area contributed by atoms with Crippen molar-refractivity contribution in [2.75, 3.05) is 12.4 Å². The van der Waals surface area contributed by atoms with Gasteiger partial charge in [0.05, 0.1) is 5.69 Å². The molecule has 1 aliphatic rings. The van der Waals surface area contributed by atoms with Crippen LogP contribution in [0.25, 0.3) is 5.82 Å². The molecule has 0 spiro atoms. The van der Waals surface area contributed by atoms with Crippen LogP contribution in [0.4, 0.5) is 5.82 Å². The van der Waals surface area contributed by atoms with Crippen LogP contribution in [-0.4, -0.2) is 26.8 Å². The van der Waals surface area contributed by atoms with E-state index in [1.54, 1.807) is 0 Å². The zero-order valence-corrected chi connectivity index (χ0v) is 10.9. The van der Waals surface area contributed by atoms with Crippen molar-refractivity contribution in [1.82, 2.24) is 19.7 Å². The lowest BCUT2D eigenvalue weighted by Crippen LogP contribution is -2.08. The summed E-state index contributed by atoms with van der Waals surface area (Å²) in [6.45, 7) is 3.91. The molecule has 0 radical (unpaired) electrons. The first kappa shape index (κ1) is 11.2. The Morgan fingerprint density at radius 2 is 2.06 bits per heavy atom. The molecule has 0 aromatic carbocycles. The van der Waals surface area contributed by atoms with E-state index in [4.69, 9.17) is 0 Å². The third-order valence-corrected chi connectivity index (χ3v) is 3.29. The molecule has 2 heterocycles. The van der Waals surface area contributed by atoms with Gasteiger partial charge in [-0.3, -0.25) is 0 Å². The van der Waals surface area contributed by atoms with Gasteiger partial charge in [0, 0.05) is 24.7 Å². The molecule has 5 heteroatoms. The van der Waals surface area contributed by atoms with Crippen molar-refractivity contribution in [1.29, 1.82) is 0 Å². The van der Waals surface area contributed by atoms with Crippen LogP contribution in [0.3, 0.4) is 0 Å². The molecule has 0 unspecified atom stereocenters. The monoisotopic (exact) mass is 243 g/mol. The van der Waals surface area contributed by atoms with Crippen molar-refractivity contribution in [3.63, 3.8) is 0 Å². The van der Waals surface area contributed by atoms with E-state index in [1.165, 1.54) is 18.5 Å². The molecular formula is C13H17N5. The van der Waals surface area contributed by atoms with Crippen molar-refractivity contribution in [2.24, 2.45) is 0 Å². The molecule has 1 fully saturated rings. The van der Waals surface area contributed by atoms with Crippen molar-refractivity contribution in [2.45, 2.75) is 32.6 Å². The zero-order chi connectivity index (χ0) is 12.7. The standard InChI is InChI=1S/C13H17N5/c1-8-12(14-3)15-9(2)16-13(8)18-7-6-11(17-18)10-4-5-10/h6-7,10H,4-5H2,1-3H3,(H,14,15,16). The van der Waals surface area contributed by atoms with E-state index in [1.807, 2.05) is 31.8 Å². The van der Waals surface area contributed by atoms with Crippen LogP contribution in [0.1, 0.15) is 35.8 Å². The fourth-order valence-electron chi connectivity index (χ4n) is 2.13. The van der Waals surface area contributed by atoms with E-state index in [-0.39, 0.29) is 0 Å². The summed E-state index contributed by atoms with van der Waals surface area (Å²) >= 11 is 0. The van der Waals surface area contributed by atoms with Gasteiger partial charge >= 0.3 is 0 Å². The van der Waals surface area contributed by atoms with Crippen LogP contribution < -0.4 is 5.32 Å². The first-order valence-electron chi connectivity index (χ1n) is 6.28. The van der Waals surface area contributed by atoms with E-state index >= 15 is 0 Å². The molecule has 1 saturated carbocycles. The molecular weight excluding hydrogens is 226 g/mol. The van der Waals surface area contributed by atoms with Crippen LogP contribution >= 0.6 is 0 Å². The fraction of sp³-hybridized carbons (Fsp3) is 0.462. The Morgan fingerprint density at radius 3 is 2.72 bits per heavy atom. The van der Waals surface area contributed by atoms with Crippen molar-refractivity contribution < 1.29 is 0 Å². The molecule has 1 aliphatic carbocycles. The number of hydrogen-bond acceptors (Lipinski definition) is 4. The molecule has 0 saturated heterocycles. The summed E-state index contributed by atoms with van der Waals surface area (Å²) in [4.78, 5) is 8.86. The Balaban J connectivity index is 2.06. The highest BCUT2D eigenvalue weighted by Gasteiger charge is 2.26. The van der Waals surface area contributed by atoms with Gasteiger partial charge in [0.1, 0.15) is 11.6 Å². The van der Waals surface area contributed by atoms with Gasteiger partial charge in [0.25, 0.3) is 0 Å². The van der Waals surface area contributed by atoms with Gasteiger partial charge in [0.15, 0.2) is 5.82 Å². The molecule has 1 N–H and O–H groups in total. The topological polar surface area (TPSA) is 55.6 Å². The number of nitrogens with zero attached hydrogens (tertiary/aromatic N) is 4. The molecule has 2 aromatic rings. The summed E-state index contributed by atoms with van der Waals surface area (Å²) in [5.74, 6) is 3.14. The molecule has 0 amide bonds. The molecule has 3 rings (SSSR count). The number of anilines is 1. The van der Waals surface area contributed by atoms with Gasteiger partial charge < -0.3 is 5.32 Å². The van der Waals surface area contributed by atoms with E-state index in [9.17, 15) is 0 Å². The predicted molar refractivity (Wildman–Crippen MR) is 70.1 cm³/mol. The van der Waals surface area contributed by atoms with E-state index in [2.05, 4.69) is 26.4 Å². The summed E-state index contributed by atoms with van der Waals surface area (Å²) in [6.07, 6.45) is 4.52. The maximum absolute atomic E-state index is 4.62. The van der Waals surface area contributed by atoms with Gasteiger partial charge in [-0.15, -0.1) is 0 Å². The highest BCUT2D eigenvalue weighted by molar-refractivity contribution is 5.51. The van der Waals surface area contributed by atoms with Crippen molar-refractivity contribution in [3.05, 3.63) is 29.3 Å². The van der Waals surface area contributed by atoms with E-state index < -0.39 is 0 Å². The summed E-state index contributed by atoms with van der Waals surface area (Å²) in [5, 5.41) is 7.71. The van der Waals surface area contributed by atoms with Crippen molar-refractivity contribution >= 4 is 5.82 Å². The molecule has 0 aliphatic heterocycles. The van der Waals surface area contributed by atoms with Gasteiger partial charge in [0.2, 0.25) is 0 Å². The largest absolute Gasteiger partial charge is 0.373 e. The number of nitrogens with one attached hydrogen (secondary N) is 1. The molecule has 2 aromatic heterocycles. The van der Waals surface area contributed by atoms with Crippen LogP contribution in [0.5, 0.6) is 0 Å². The first-order chi connectivity index (χ1) is 8.69. The SMILES string of the molecule is CNc1nc(C)nc(-n2ccc(C3CC3)n2)c1C. The van der Waals surface area contributed by atoms with Gasteiger partial charge in [-0.05, 0) is 32.8 Å². The number of aryl methyl sites for hydroxylation is 1. The normalized spacial score (nSPS) is 14.8. The highest BCUT2D eigenvalue weighted by Crippen LogP contribution is 2.39. The lowest BCUT2D eigenvalue weighted by atomic mass is 10.3. The van der Waals surface area contributed by atoms with Gasteiger partial charge in [-0.1, -0.05) is 0 Å². The quantitative estimate of drug-likeness (QED) is 0.898. The minimum absolute atomic E-state index is 0.665. The number of rotatable bonds is 3. The minimum atomic E-state index is 0.665.